The molecule has 6 heteroatoms. The molecule has 6 nitrogen and oxygen atoms in total. The van der Waals surface area contributed by atoms with Gasteiger partial charge in [-0.2, -0.15) is 0 Å². The highest BCUT2D eigenvalue weighted by molar-refractivity contribution is 5.96. The summed E-state index contributed by atoms with van der Waals surface area (Å²) in [5.74, 6) is -1.18. The number of nitrogens with zero attached hydrogens (tertiary/aromatic N) is 1. The normalized spacial score (nSPS) is 21.4. The van der Waals surface area contributed by atoms with Crippen molar-refractivity contribution >= 4 is 18.0 Å². The molecular weight excluding hydrogens is 370 g/mol. The summed E-state index contributed by atoms with van der Waals surface area (Å²) in [6.45, 7) is 11.3. The molecule has 29 heavy (non-hydrogen) atoms. The van der Waals surface area contributed by atoms with E-state index in [9.17, 15) is 14.4 Å². The van der Waals surface area contributed by atoms with Gasteiger partial charge in [0.15, 0.2) is 0 Å². The summed E-state index contributed by atoms with van der Waals surface area (Å²) in [5, 5.41) is 0. The van der Waals surface area contributed by atoms with Crippen LogP contribution in [0.15, 0.2) is 30.3 Å². The van der Waals surface area contributed by atoms with Gasteiger partial charge in [0.25, 0.3) is 0 Å². The molecule has 0 aromatic heterocycles. The van der Waals surface area contributed by atoms with Crippen molar-refractivity contribution in [3.8, 4) is 0 Å². The number of carbonyl (C=O) groups is 3. The zero-order valence-electron chi connectivity index (χ0n) is 18.3. The number of cyclic esters (lactones) is 1. The van der Waals surface area contributed by atoms with E-state index in [0.29, 0.717) is 6.42 Å². The summed E-state index contributed by atoms with van der Waals surface area (Å²) in [4.78, 5) is 39.4. The van der Waals surface area contributed by atoms with E-state index in [-0.39, 0.29) is 18.2 Å². The van der Waals surface area contributed by atoms with Crippen LogP contribution in [0.5, 0.6) is 0 Å². The van der Waals surface area contributed by atoms with E-state index in [1.165, 1.54) is 4.90 Å². The SMILES string of the molecule is CC[C@@H](C)C[C@@H](CC(=O)OC(C)(C)C)C(=O)N1C(=O)O[C@@H](c2ccccc2)[C@H]1C. The van der Waals surface area contributed by atoms with Gasteiger partial charge in [0.2, 0.25) is 5.91 Å². The predicted octanol–water partition coefficient (Wildman–Crippen LogP) is 4.88. The van der Waals surface area contributed by atoms with Gasteiger partial charge in [-0.05, 0) is 45.6 Å². The van der Waals surface area contributed by atoms with Gasteiger partial charge < -0.3 is 9.47 Å². The fraction of sp³-hybridized carbons (Fsp3) is 0.609. The second-order valence-electron chi connectivity index (χ2n) is 8.90. The maximum absolute atomic E-state index is 13.3. The Morgan fingerprint density at radius 3 is 2.38 bits per heavy atom. The van der Waals surface area contributed by atoms with Crippen LogP contribution in [0.25, 0.3) is 0 Å². The summed E-state index contributed by atoms with van der Waals surface area (Å²) < 4.78 is 10.9. The lowest BCUT2D eigenvalue weighted by molar-refractivity contribution is -0.158. The van der Waals surface area contributed by atoms with E-state index in [4.69, 9.17) is 9.47 Å². The highest BCUT2D eigenvalue weighted by Crippen LogP contribution is 2.34. The molecule has 1 aliphatic heterocycles. The monoisotopic (exact) mass is 403 g/mol. The number of rotatable bonds is 7. The minimum Gasteiger partial charge on any atom is -0.460 e. The Kier molecular flexibility index (Phi) is 7.44. The number of hydrogen-bond donors (Lipinski definition) is 0. The molecule has 4 atom stereocenters. The Hall–Kier alpha value is -2.37. The number of amides is 2. The van der Waals surface area contributed by atoms with Crippen molar-refractivity contribution in [2.24, 2.45) is 11.8 Å². The largest absolute Gasteiger partial charge is 0.460 e. The van der Waals surface area contributed by atoms with Crippen LogP contribution in [-0.4, -0.2) is 34.5 Å². The third-order valence-electron chi connectivity index (χ3n) is 5.20. The third-order valence-corrected chi connectivity index (χ3v) is 5.20. The number of imide groups is 1. The molecule has 1 aromatic carbocycles. The summed E-state index contributed by atoms with van der Waals surface area (Å²) in [6, 6.07) is 8.93. The molecule has 0 unspecified atom stereocenters. The first kappa shape index (κ1) is 22.9. The van der Waals surface area contributed by atoms with Gasteiger partial charge in [0, 0.05) is 5.92 Å². The van der Waals surface area contributed by atoms with Crippen LogP contribution in [0, 0.1) is 11.8 Å². The van der Waals surface area contributed by atoms with Gasteiger partial charge in [-0.25, -0.2) is 9.69 Å². The molecule has 1 heterocycles. The molecule has 1 aliphatic rings. The molecule has 0 bridgehead atoms. The van der Waals surface area contributed by atoms with Gasteiger partial charge in [0.1, 0.15) is 11.7 Å². The topological polar surface area (TPSA) is 72.9 Å². The van der Waals surface area contributed by atoms with E-state index in [0.717, 1.165) is 12.0 Å². The molecule has 0 saturated carbocycles. The van der Waals surface area contributed by atoms with Gasteiger partial charge in [-0.3, -0.25) is 9.59 Å². The maximum atomic E-state index is 13.3. The average Bonchev–Trinajstić information content (AvgIpc) is 2.94. The fourth-order valence-electron chi connectivity index (χ4n) is 3.55. The van der Waals surface area contributed by atoms with Crippen molar-refractivity contribution in [3.05, 3.63) is 35.9 Å². The predicted molar refractivity (Wildman–Crippen MR) is 110 cm³/mol. The molecule has 160 valence electrons. The second kappa shape index (κ2) is 9.42. The number of esters is 1. The molecule has 2 rings (SSSR count). The molecule has 0 spiro atoms. The maximum Gasteiger partial charge on any atom is 0.417 e. The van der Waals surface area contributed by atoms with Gasteiger partial charge in [-0.1, -0.05) is 50.6 Å². The molecule has 1 aromatic rings. The first-order valence-electron chi connectivity index (χ1n) is 10.3. The standard InChI is InChI=1S/C23H33NO5/c1-7-15(2)13-18(14-19(25)29-23(4,5)6)21(26)24-16(3)20(28-22(24)27)17-11-9-8-10-12-17/h8-12,15-16,18,20H,7,13-14H2,1-6H3/t15-,16-,18+,20-/m1/s1. The molecule has 1 fully saturated rings. The molecule has 2 amide bonds. The number of hydrogen-bond acceptors (Lipinski definition) is 5. The number of benzene rings is 1. The lowest BCUT2D eigenvalue weighted by atomic mass is 9.90. The highest BCUT2D eigenvalue weighted by Gasteiger charge is 2.45. The summed E-state index contributed by atoms with van der Waals surface area (Å²) in [5.41, 5.74) is 0.216. The lowest BCUT2D eigenvalue weighted by Crippen LogP contribution is -2.43. The van der Waals surface area contributed by atoms with Crippen LogP contribution < -0.4 is 0 Å². The van der Waals surface area contributed by atoms with E-state index in [1.54, 1.807) is 27.7 Å². The van der Waals surface area contributed by atoms with Crippen LogP contribution >= 0.6 is 0 Å². The average molecular weight is 404 g/mol. The zero-order valence-corrected chi connectivity index (χ0v) is 18.3. The molecule has 0 aliphatic carbocycles. The minimum atomic E-state index is -0.658. The fourth-order valence-corrected chi connectivity index (χ4v) is 3.55. The van der Waals surface area contributed by atoms with Crippen LogP contribution in [0.4, 0.5) is 4.79 Å². The van der Waals surface area contributed by atoms with Crippen molar-refractivity contribution in [3.63, 3.8) is 0 Å². The molecule has 0 radical (unpaired) electrons. The van der Waals surface area contributed by atoms with Crippen LogP contribution in [0.3, 0.4) is 0 Å². The Morgan fingerprint density at radius 2 is 1.83 bits per heavy atom. The quantitative estimate of drug-likeness (QED) is 0.607. The molecule has 0 N–H and O–H groups in total. The molecular formula is C23H33NO5. The summed E-state index contributed by atoms with van der Waals surface area (Å²) >= 11 is 0. The van der Waals surface area contributed by atoms with E-state index < -0.39 is 35.7 Å². The van der Waals surface area contributed by atoms with Crippen LogP contribution in [0.2, 0.25) is 0 Å². The van der Waals surface area contributed by atoms with E-state index in [2.05, 4.69) is 0 Å². The Bertz CT molecular complexity index is 725. The van der Waals surface area contributed by atoms with Gasteiger partial charge in [-0.15, -0.1) is 0 Å². The smallest absolute Gasteiger partial charge is 0.417 e. The Balaban J connectivity index is 2.20. The van der Waals surface area contributed by atoms with Crippen molar-refractivity contribution in [1.29, 1.82) is 0 Å². The van der Waals surface area contributed by atoms with Crippen molar-refractivity contribution in [1.82, 2.24) is 4.90 Å². The van der Waals surface area contributed by atoms with Crippen molar-refractivity contribution in [2.45, 2.75) is 78.6 Å². The summed E-state index contributed by atoms with van der Waals surface area (Å²) in [7, 11) is 0. The summed E-state index contributed by atoms with van der Waals surface area (Å²) in [6.07, 6.45) is 0.173. The molecule has 1 saturated heterocycles. The van der Waals surface area contributed by atoms with E-state index in [1.807, 2.05) is 44.2 Å². The van der Waals surface area contributed by atoms with Gasteiger partial charge >= 0.3 is 12.1 Å². The minimum absolute atomic E-state index is 0.0487. The first-order chi connectivity index (χ1) is 13.5. The Labute approximate surface area is 173 Å². The third kappa shape index (κ3) is 6.05. The van der Waals surface area contributed by atoms with Crippen molar-refractivity contribution in [2.75, 3.05) is 0 Å². The van der Waals surface area contributed by atoms with Crippen LogP contribution in [-0.2, 0) is 19.1 Å². The number of carbonyl (C=O) groups excluding carboxylic acids is 3. The first-order valence-corrected chi connectivity index (χ1v) is 10.3. The van der Waals surface area contributed by atoms with Crippen LogP contribution in [0.1, 0.15) is 72.5 Å². The Morgan fingerprint density at radius 1 is 1.21 bits per heavy atom. The van der Waals surface area contributed by atoms with Gasteiger partial charge in [0.05, 0.1) is 12.5 Å². The van der Waals surface area contributed by atoms with Crippen molar-refractivity contribution < 1.29 is 23.9 Å². The van der Waals surface area contributed by atoms with E-state index >= 15 is 0 Å². The number of ether oxygens (including phenoxy) is 2. The second-order valence-corrected chi connectivity index (χ2v) is 8.90. The zero-order chi connectivity index (χ0) is 21.8. The highest BCUT2D eigenvalue weighted by atomic mass is 16.6. The lowest BCUT2D eigenvalue weighted by Gasteiger charge is -2.27.